The fraction of sp³-hybridized carbons (Fsp3) is 0.923. The average molecular weight is 387 g/mol. The molecular weight excluding hydrogens is 357 g/mol. The fourth-order valence-corrected chi connectivity index (χ4v) is 1.34. The molecule has 0 aromatic heterocycles. The summed E-state index contributed by atoms with van der Waals surface area (Å²) < 4.78 is 10.3. The second-order valence-electron chi connectivity index (χ2n) is 4.37. The van der Waals surface area contributed by atoms with Gasteiger partial charge in [0.1, 0.15) is 0 Å². The molecule has 0 unspecified atom stereocenters. The van der Waals surface area contributed by atoms with E-state index in [0.717, 1.165) is 38.5 Å². The summed E-state index contributed by atoms with van der Waals surface area (Å²) in [5, 5.41) is 6.51. The molecule has 19 heavy (non-hydrogen) atoms. The summed E-state index contributed by atoms with van der Waals surface area (Å²) in [6.45, 7) is 10.1. The number of hydrogen-bond acceptors (Lipinski definition) is 3. The highest BCUT2D eigenvalue weighted by Gasteiger charge is 1.98. The highest BCUT2D eigenvalue weighted by molar-refractivity contribution is 14.0. The second-order valence-corrected chi connectivity index (χ2v) is 4.37. The van der Waals surface area contributed by atoms with Crippen molar-refractivity contribution in [1.29, 1.82) is 0 Å². The number of guanidine groups is 1. The lowest BCUT2D eigenvalue weighted by Crippen LogP contribution is -2.41. The molecule has 0 aliphatic heterocycles. The van der Waals surface area contributed by atoms with E-state index in [1.54, 1.807) is 7.11 Å². The summed E-state index contributed by atoms with van der Waals surface area (Å²) in [7, 11) is 1.68. The van der Waals surface area contributed by atoms with Crippen LogP contribution in [0.2, 0.25) is 0 Å². The zero-order valence-corrected chi connectivity index (χ0v) is 15.0. The third-order valence-corrected chi connectivity index (χ3v) is 2.17. The molecule has 0 saturated carbocycles. The van der Waals surface area contributed by atoms with Crippen molar-refractivity contribution in [3.05, 3.63) is 0 Å². The fourth-order valence-electron chi connectivity index (χ4n) is 1.34. The van der Waals surface area contributed by atoms with Crippen LogP contribution in [0.15, 0.2) is 4.99 Å². The number of ether oxygens (including phenoxy) is 2. The van der Waals surface area contributed by atoms with Crippen LogP contribution in [0.25, 0.3) is 0 Å². The minimum Gasteiger partial charge on any atom is -0.382 e. The van der Waals surface area contributed by atoms with E-state index in [2.05, 4.69) is 36.4 Å². The predicted octanol–water partition coefficient (Wildman–Crippen LogP) is 2.01. The van der Waals surface area contributed by atoms with Crippen LogP contribution in [0.5, 0.6) is 0 Å². The Labute approximate surface area is 134 Å². The van der Waals surface area contributed by atoms with Gasteiger partial charge in [0.25, 0.3) is 0 Å². The molecule has 2 N–H and O–H groups in total. The molecule has 116 valence electrons. The standard InChI is InChI=1S/C13H29N3O2.HI/c1-5-14-13(16-12(2)3)15-8-6-7-9-18-11-10-17-4;/h12H,5-11H2,1-4H3,(H2,14,15,16);1H. The zero-order valence-electron chi connectivity index (χ0n) is 12.7. The Hall–Kier alpha value is -0.0800. The van der Waals surface area contributed by atoms with Gasteiger partial charge in [0.15, 0.2) is 5.96 Å². The van der Waals surface area contributed by atoms with Crippen LogP contribution in [0.1, 0.15) is 33.6 Å². The van der Waals surface area contributed by atoms with Gasteiger partial charge in [-0.25, -0.2) is 0 Å². The Kier molecular flexibility index (Phi) is 17.8. The molecule has 0 fully saturated rings. The summed E-state index contributed by atoms with van der Waals surface area (Å²) in [5.41, 5.74) is 0. The van der Waals surface area contributed by atoms with Gasteiger partial charge < -0.3 is 20.1 Å². The molecule has 0 heterocycles. The maximum Gasteiger partial charge on any atom is 0.191 e. The minimum atomic E-state index is 0. The van der Waals surface area contributed by atoms with E-state index in [0.29, 0.717) is 19.3 Å². The summed E-state index contributed by atoms with van der Waals surface area (Å²) in [5.74, 6) is 0.896. The van der Waals surface area contributed by atoms with Crippen molar-refractivity contribution in [3.8, 4) is 0 Å². The largest absolute Gasteiger partial charge is 0.382 e. The minimum absolute atomic E-state index is 0. The van der Waals surface area contributed by atoms with Gasteiger partial charge in [0, 0.05) is 32.8 Å². The summed E-state index contributed by atoms with van der Waals surface area (Å²) in [6, 6.07) is 0.403. The van der Waals surface area contributed by atoms with Gasteiger partial charge in [-0.15, -0.1) is 24.0 Å². The molecule has 0 aromatic rings. The SMILES string of the molecule is CCNC(=NCCCCOCCOC)NC(C)C.I. The maximum absolute atomic E-state index is 5.39. The summed E-state index contributed by atoms with van der Waals surface area (Å²) in [6.07, 6.45) is 2.08. The highest BCUT2D eigenvalue weighted by atomic mass is 127. The van der Waals surface area contributed by atoms with E-state index in [9.17, 15) is 0 Å². The first-order valence-electron chi connectivity index (χ1n) is 6.82. The Morgan fingerprint density at radius 1 is 1.16 bits per heavy atom. The van der Waals surface area contributed by atoms with Crippen LogP contribution in [0.3, 0.4) is 0 Å². The van der Waals surface area contributed by atoms with Gasteiger partial charge in [-0.2, -0.15) is 0 Å². The molecule has 0 rings (SSSR count). The highest BCUT2D eigenvalue weighted by Crippen LogP contribution is 1.91. The van der Waals surface area contributed by atoms with Crippen LogP contribution < -0.4 is 10.6 Å². The molecule has 0 aromatic carbocycles. The quantitative estimate of drug-likeness (QED) is 0.261. The van der Waals surface area contributed by atoms with Crippen LogP contribution in [-0.4, -0.2) is 52.0 Å². The molecule has 0 aliphatic rings. The third-order valence-electron chi connectivity index (χ3n) is 2.17. The number of halogens is 1. The second kappa shape index (κ2) is 16.0. The van der Waals surface area contributed by atoms with Crippen LogP contribution >= 0.6 is 24.0 Å². The Morgan fingerprint density at radius 2 is 1.89 bits per heavy atom. The van der Waals surface area contributed by atoms with E-state index in [-0.39, 0.29) is 24.0 Å². The van der Waals surface area contributed by atoms with E-state index >= 15 is 0 Å². The van der Waals surface area contributed by atoms with E-state index in [1.807, 2.05) is 0 Å². The zero-order chi connectivity index (χ0) is 13.6. The monoisotopic (exact) mass is 387 g/mol. The number of methoxy groups -OCH3 is 1. The van der Waals surface area contributed by atoms with Gasteiger partial charge in [-0.1, -0.05) is 0 Å². The molecule has 0 bridgehead atoms. The van der Waals surface area contributed by atoms with Gasteiger partial charge in [-0.3, -0.25) is 4.99 Å². The molecule has 0 atom stereocenters. The van der Waals surface area contributed by atoms with Crippen molar-refractivity contribution < 1.29 is 9.47 Å². The van der Waals surface area contributed by atoms with Gasteiger partial charge >= 0.3 is 0 Å². The third kappa shape index (κ3) is 15.9. The van der Waals surface area contributed by atoms with Crippen molar-refractivity contribution in [2.24, 2.45) is 4.99 Å². The summed E-state index contributed by atoms with van der Waals surface area (Å²) >= 11 is 0. The lowest BCUT2D eigenvalue weighted by Gasteiger charge is -2.13. The molecule has 0 saturated heterocycles. The van der Waals surface area contributed by atoms with Crippen LogP contribution in [0.4, 0.5) is 0 Å². The van der Waals surface area contributed by atoms with Crippen molar-refractivity contribution in [3.63, 3.8) is 0 Å². The lowest BCUT2D eigenvalue weighted by molar-refractivity contribution is 0.0690. The first kappa shape index (κ1) is 21.2. The van der Waals surface area contributed by atoms with Crippen molar-refractivity contribution in [1.82, 2.24) is 10.6 Å². The van der Waals surface area contributed by atoms with Crippen molar-refractivity contribution in [2.75, 3.05) is 40.0 Å². The predicted molar refractivity (Wildman–Crippen MR) is 91.6 cm³/mol. The van der Waals surface area contributed by atoms with Crippen molar-refractivity contribution >= 4 is 29.9 Å². The van der Waals surface area contributed by atoms with E-state index < -0.39 is 0 Å². The molecule has 0 amide bonds. The molecule has 0 spiro atoms. The molecule has 0 aliphatic carbocycles. The van der Waals surface area contributed by atoms with Gasteiger partial charge in [0.05, 0.1) is 13.2 Å². The summed E-state index contributed by atoms with van der Waals surface area (Å²) in [4.78, 5) is 4.50. The number of aliphatic imine (C=N–C) groups is 1. The first-order valence-corrected chi connectivity index (χ1v) is 6.82. The van der Waals surface area contributed by atoms with E-state index in [1.165, 1.54) is 0 Å². The Morgan fingerprint density at radius 3 is 2.47 bits per heavy atom. The average Bonchev–Trinajstić information content (AvgIpc) is 2.32. The van der Waals surface area contributed by atoms with Crippen LogP contribution in [-0.2, 0) is 9.47 Å². The number of nitrogens with zero attached hydrogens (tertiary/aromatic N) is 1. The number of rotatable bonds is 10. The number of hydrogen-bond donors (Lipinski definition) is 2. The topological polar surface area (TPSA) is 54.9 Å². The van der Waals surface area contributed by atoms with Crippen molar-refractivity contribution in [2.45, 2.75) is 39.7 Å². The first-order chi connectivity index (χ1) is 8.70. The normalized spacial score (nSPS) is 11.3. The Bertz CT molecular complexity index is 214. The van der Waals surface area contributed by atoms with Gasteiger partial charge in [-0.05, 0) is 33.6 Å². The van der Waals surface area contributed by atoms with Crippen LogP contribution in [0, 0.1) is 0 Å². The number of unbranched alkanes of at least 4 members (excludes halogenated alkanes) is 1. The molecule has 0 radical (unpaired) electrons. The molecule has 5 nitrogen and oxygen atoms in total. The maximum atomic E-state index is 5.39. The molecular formula is C13H30IN3O2. The number of nitrogens with one attached hydrogen (secondary N) is 2. The van der Waals surface area contributed by atoms with Gasteiger partial charge in [0.2, 0.25) is 0 Å². The Balaban J connectivity index is 0. The molecule has 6 heteroatoms. The lowest BCUT2D eigenvalue weighted by atomic mass is 10.3. The smallest absolute Gasteiger partial charge is 0.191 e. The van der Waals surface area contributed by atoms with E-state index in [4.69, 9.17) is 9.47 Å².